The summed E-state index contributed by atoms with van der Waals surface area (Å²) < 4.78 is 30.4. The Labute approximate surface area is 201 Å². The molecular formula is C23H29F2N7OS. The molecule has 5 heterocycles. The van der Waals surface area contributed by atoms with Crippen molar-refractivity contribution in [3.8, 4) is 0 Å². The van der Waals surface area contributed by atoms with Gasteiger partial charge in [-0.15, -0.1) is 0 Å². The summed E-state index contributed by atoms with van der Waals surface area (Å²) >= 11 is 1.70. The van der Waals surface area contributed by atoms with Crippen molar-refractivity contribution >= 4 is 24.1 Å². The first-order valence-corrected chi connectivity index (χ1v) is 11.9. The van der Waals surface area contributed by atoms with Gasteiger partial charge in [0.15, 0.2) is 6.29 Å². The molecule has 0 bridgehead atoms. The van der Waals surface area contributed by atoms with Gasteiger partial charge >= 0.3 is 0 Å². The van der Waals surface area contributed by atoms with Crippen LogP contribution < -0.4 is 10.2 Å². The Morgan fingerprint density at radius 1 is 1.35 bits per heavy atom. The highest BCUT2D eigenvalue weighted by Crippen LogP contribution is 2.34. The fourth-order valence-electron chi connectivity index (χ4n) is 4.10. The number of aromatic nitrogens is 4. The lowest BCUT2D eigenvalue weighted by Crippen LogP contribution is -2.27. The second-order valence-corrected chi connectivity index (χ2v) is 9.64. The monoisotopic (exact) mass is 489 g/mol. The van der Waals surface area contributed by atoms with E-state index in [4.69, 9.17) is 0 Å². The van der Waals surface area contributed by atoms with E-state index >= 15 is 0 Å². The standard InChI is InChI=1S/C12H14N4OS.C11H15F2N3/c1-8-12(3-10(7-17)15(8)2)18-16-5-9-4-13-14-11(9)6-16;1-14-7-9-3-2-5-15-10(9)16-6-4-11(12,13)8-16/h3-4,7H,5-6H2,1-2H3,(H,13,14);2-3,5,14H,4,6-8H2,1H3. The van der Waals surface area contributed by atoms with Gasteiger partial charge in [0.05, 0.1) is 30.7 Å². The summed E-state index contributed by atoms with van der Waals surface area (Å²) in [6, 6.07) is 5.68. The first-order valence-electron chi connectivity index (χ1n) is 11.1. The van der Waals surface area contributed by atoms with Crippen LogP contribution in [-0.4, -0.2) is 56.4 Å². The van der Waals surface area contributed by atoms with Crippen molar-refractivity contribution in [1.82, 2.24) is 29.4 Å². The molecule has 0 aliphatic carbocycles. The van der Waals surface area contributed by atoms with E-state index in [1.165, 1.54) is 11.3 Å². The summed E-state index contributed by atoms with van der Waals surface area (Å²) in [4.78, 5) is 17.9. The van der Waals surface area contributed by atoms with Crippen LogP contribution in [-0.2, 0) is 26.7 Å². The van der Waals surface area contributed by atoms with Crippen LogP contribution in [0.2, 0.25) is 0 Å². The van der Waals surface area contributed by atoms with Gasteiger partial charge in [-0.2, -0.15) is 5.10 Å². The first-order chi connectivity index (χ1) is 16.3. The zero-order valence-electron chi connectivity index (χ0n) is 19.5. The maximum absolute atomic E-state index is 13.1. The second-order valence-electron chi connectivity index (χ2n) is 8.50. The van der Waals surface area contributed by atoms with Gasteiger partial charge in [0.2, 0.25) is 0 Å². The molecule has 182 valence electrons. The smallest absolute Gasteiger partial charge is 0.266 e. The molecule has 0 unspecified atom stereocenters. The summed E-state index contributed by atoms with van der Waals surface area (Å²) in [5, 5.41) is 10.0. The molecular weight excluding hydrogens is 460 g/mol. The maximum atomic E-state index is 13.1. The van der Waals surface area contributed by atoms with Crippen LogP contribution in [0, 0.1) is 6.92 Å². The molecule has 2 aliphatic heterocycles. The number of nitrogens with zero attached hydrogens (tertiary/aromatic N) is 5. The minimum Gasteiger partial charge on any atom is -0.350 e. The van der Waals surface area contributed by atoms with Gasteiger partial charge in [0.25, 0.3) is 5.92 Å². The summed E-state index contributed by atoms with van der Waals surface area (Å²) in [5.74, 6) is -1.90. The third kappa shape index (κ3) is 5.31. The van der Waals surface area contributed by atoms with Crippen LogP contribution >= 0.6 is 11.9 Å². The molecule has 11 heteroatoms. The predicted octanol–water partition coefficient (Wildman–Crippen LogP) is 3.54. The number of alkyl halides is 2. The predicted molar refractivity (Wildman–Crippen MR) is 128 cm³/mol. The van der Waals surface area contributed by atoms with Crippen molar-refractivity contribution in [2.45, 2.75) is 43.8 Å². The van der Waals surface area contributed by atoms with Crippen LogP contribution in [0.15, 0.2) is 35.5 Å². The number of H-pyrrole nitrogens is 1. The topological polar surface area (TPSA) is 82.1 Å². The fourth-order valence-corrected chi connectivity index (χ4v) is 5.21. The number of carbonyl (C=O) groups is 1. The van der Waals surface area contributed by atoms with Crippen molar-refractivity contribution in [2.75, 3.05) is 25.0 Å². The number of hydrogen-bond acceptors (Lipinski definition) is 7. The Bertz CT molecular complexity index is 1130. The normalized spacial score (nSPS) is 16.9. The van der Waals surface area contributed by atoms with Crippen molar-refractivity contribution < 1.29 is 13.6 Å². The third-order valence-corrected chi connectivity index (χ3v) is 7.19. The number of hydrogen-bond donors (Lipinski definition) is 2. The zero-order valence-corrected chi connectivity index (χ0v) is 20.3. The van der Waals surface area contributed by atoms with E-state index in [0.717, 1.165) is 41.2 Å². The molecule has 0 atom stereocenters. The second kappa shape index (κ2) is 10.2. The molecule has 3 aromatic rings. The van der Waals surface area contributed by atoms with E-state index in [-0.39, 0.29) is 13.0 Å². The minimum atomic E-state index is -2.57. The molecule has 1 fully saturated rings. The molecule has 0 spiro atoms. The Morgan fingerprint density at radius 3 is 2.82 bits per heavy atom. The Hall–Kier alpha value is -2.76. The van der Waals surface area contributed by atoms with Crippen molar-refractivity contribution in [2.24, 2.45) is 7.05 Å². The molecule has 1 saturated heterocycles. The lowest BCUT2D eigenvalue weighted by atomic mass is 10.2. The largest absolute Gasteiger partial charge is 0.350 e. The van der Waals surface area contributed by atoms with Gasteiger partial charge in [0, 0.05) is 61.0 Å². The summed E-state index contributed by atoms with van der Waals surface area (Å²) in [5.41, 5.74) is 5.24. The molecule has 2 aliphatic rings. The van der Waals surface area contributed by atoms with Crippen molar-refractivity contribution in [3.63, 3.8) is 0 Å². The summed E-state index contributed by atoms with van der Waals surface area (Å²) in [7, 11) is 3.74. The summed E-state index contributed by atoms with van der Waals surface area (Å²) in [6.45, 7) is 4.59. The van der Waals surface area contributed by atoms with Crippen LogP contribution in [0.25, 0.3) is 0 Å². The van der Waals surface area contributed by atoms with Gasteiger partial charge in [-0.1, -0.05) is 6.07 Å². The Morgan fingerprint density at radius 2 is 2.18 bits per heavy atom. The lowest BCUT2D eigenvalue weighted by Gasteiger charge is -2.20. The highest BCUT2D eigenvalue weighted by Gasteiger charge is 2.39. The van der Waals surface area contributed by atoms with Crippen LogP contribution in [0.3, 0.4) is 0 Å². The molecule has 0 radical (unpaired) electrons. The molecule has 8 nitrogen and oxygen atoms in total. The molecule has 3 aromatic heterocycles. The molecule has 2 N–H and O–H groups in total. The minimum absolute atomic E-state index is 0.0808. The van der Waals surface area contributed by atoms with E-state index in [9.17, 15) is 13.6 Å². The number of anilines is 1. The molecule has 0 amide bonds. The van der Waals surface area contributed by atoms with Crippen LogP contribution in [0.4, 0.5) is 14.6 Å². The average molecular weight is 490 g/mol. The Balaban J connectivity index is 0.000000162. The number of nitrogens with one attached hydrogen (secondary N) is 2. The molecule has 0 aromatic carbocycles. The summed E-state index contributed by atoms with van der Waals surface area (Å²) in [6.07, 6.45) is 4.34. The Kier molecular flexibility index (Phi) is 7.34. The number of aldehydes is 1. The van der Waals surface area contributed by atoms with Crippen molar-refractivity contribution in [1.29, 1.82) is 0 Å². The van der Waals surface area contributed by atoms with Gasteiger partial charge in [-0.3, -0.25) is 9.89 Å². The van der Waals surface area contributed by atoms with E-state index in [1.807, 2.05) is 50.0 Å². The van der Waals surface area contributed by atoms with Crippen LogP contribution in [0.5, 0.6) is 0 Å². The number of rotatable bonds is 6. The fraction of sp³-hybridized carbons (Fsp3) is 0.435. The van der Waals surface area contributed by atoms with Gasteiger partial charge < -0.3 is 14.8 Å². The van der Waals surface area contributed by atoms with Gasteiger partial charge in [-0.05, 0) is 38.1 Å². The number of carbonyl (C=O) groups excluding carboxylic acids is 1. The van der Waals surface area contributed by atoms with Crippen molar-refractivity contribution in [3.05, 3.63) is 58.8 Å². The van der Waals surface area contributed by atoms with E-state index in [2.05, 4.69) is 24.8 Å². The number of fused-ring (bicyclic) bond motifs is 1. The lowest BCUT2D eigenvalue weighted by molar-refractivity contribution is 0.0256. The number of pyridine rings is 1. The van der Waals surface area contributed by atoms with Crippen LogP contribution in [0.1, 0.15) is 39.4 Å². The quantitative estimate of drug-likeness (QED) is 0.405. The highest BCUT2D eigenvalue weighted by atomic mass is 32.2. The van der Waals surface area contributed by atoms with E-state index < -0.39 is 5.92 Å². The SMILES string of the molecule is CNCc1cccnc1N1CCC(F)(F)C1.Cc1c(SN2Cc3cn[nH]c3C2)cc(C=O)n1C. The zero-order chi connectivity index (χ0) is 24.3. The van der Waals surface area contributed by atoms with E-state index in [1.54, 1.807) is 23.0 Å². The highest BCUT2D eigenvalue weighted by molar-refractivity contribution is 7.97. The molecule has 0 saturated carbocycles. The molecule has 5 rings (SSSR count). The first kappa shape index (κ1) is 24.4. The van der Waals surface area contributed by atoms with Gasteiger partial charge in [-0.25, -0.2) is 18.1 Å². The number of aromatic amines is 1. The van der Waals surface area contributed by atoms with E-state index in [0.29, 0.717) is 18.9 Å². The average Bonchev–Trinajstić information content (AvgIpc) is 3.55. The molecule has 34 heavy (non-hydrogen) atoms. The van der Waals surface area contributed by atoms with Gasteiger partial charge in [0.1, 0.15) is 5.82 Å². The number of halogens is 2. The third-order valence-electron chi connectivity index (χ3n) is 6.07. The maximum Gasteiger partial charge on any atom is 0.266 e.